The molecule has 2 N–H and O–H groups in total. The van der Waals surface area contributed by atoms with E-state index in [1.807, 2.05) is 0 Å². The molecule has 66 valence electrons. The Bertz CT molecular complexity index is 276. The van der Waals surface area contributed by atoms with Gasteiger partial charge < -0.3 is 5.73 Å². The molecule has 0 amide bonds. The molecule has 1 saturated carbocycles. The summed E-state index contributed by atoms with van der Waals surface area (Å²) in [6.07, 6.45) is 5.27. The molecule has 1 aromatic rings. The molecule has 0 spiro atoms. The lowest BCUT2D eigenvalue weighted by molar-refractivity contribution is 0.728. The van der Waals surface area contributed by atoms with Gasteiger partial charge in [-0.15, -0.1) is 11.3 Å². The zero-order chi connectivity index (χ0) is 8.55. The van der Waals surface area contributed by atoms with Crippen LogP contribution in [0.3, 0.4) is 0 Å². The second-order valence-electron chi connectivity index (χ2n) is 3.36. The largest absolute Gasteiger partial charge is 0.397 e. The van der Waals surface area contributed by atoms with Crippen molar-refractivity contribution in [1.82, 2.24) is 0 Å². The van der Waals surface area contributed by atoms with Crippen LogP contribution < -0.4 is 5.73 Å². The SMILES string of the molecule is Nc1c(C2CCCC2)csc1Cl. The van der Waals surface area contributed by atoms with Crippen molar-refractivity contribution in [3.05, 3.63) is 15.3 Å². The Labute approximate surface area is 81.5 Å². The van der Waals surface area contributed by atoms with E-state index in [0.29, 0.717) is 5.92 Å². The van der Waals surface area contributed by atoms with Crippen LogP contribution in [0.25, 0.3) is 0 Å². The van der Waals surface area contributed by atoms with Gasteiger partial charge in [0.15, 0.2) is 0 Å². The third-order valence-corrected chi connectivity index (χ3v) is 3.88. The van der Waals surface area contributed by atoms with Gasteiger partial charge in [0, 0.05) is 0 Å². The van der Waals surface area contributed by atoms with Crippen LogP contribution >= 0.6 is 22.9 Å². The van der Waals surface area contributed by atoms with Gasteiger partial charge in [-0.3, -0.25) is 0 Å². The first-order chi connectivity index (χ1) is 5.79. The minimum Gasteiger partial charge on any atom is -0.397 e. The maximum atomic E-state index is 5.90. The standard InChI is InChI=1S/C9H12ClNS/c10-9-8(11)7(5-12-9)6-3-1-2-4-6/h5-6H,1-4,11H2. The van der Waals surface area contributed by atoms with Gasteiger partial charge in [-0.25, -0.2) is 0 Å². The lowest BCUT2D eigenvalue weighted by Gasteiger charge is -2.07. The van der Waals surface area contributed by atoms with Crippen LogP contribution in [0.5, 0.6) is 0 Å². The summed E-state index contributed by atoms with van der Waals surface area (Å²) in [4.78, 5) is 0. The van der Waals surface area contributed by atoms with Gasteiger partial charge in [0.1, 0.15) is 4.34 Å². The summed E-state index contributed by atoms with van der Waals surface area (Å²) >= 11 is 7.46. The van der Waals surface area contributed by atoms with E-state index in [4.69, 9.17) is 17.3 Å². The molecule has 1 heterocycles. The highest BCUT2D eigenvalue weighted by Crippen LogP contribution is 2.42. The minimum absolute atomic E-state index is 0.689. The van der Waals surface area contributed by atoms with Crippen LogP contribution in [0.15, 0.2) is 5.38 Å². The van der Waals surface area contributed by atoms with Crippen molar-refractivity contribution in [2.75, 3.05) is 5.73 Å². The summed E-state index contributed by atoms with van der Waals surface area (Å²) in [5.74, 6) is 0.689. The van der Waals surface area contributed by atoms with Gasteiger partial charge >= 0.3 is 0 Å². The molecule has 0 bridgehead atoms. The van der Waals surface area contributed by atoms with Gasteiger partial charge in [0.2, 0.25) is 0 Å². The second kappa shape index (κ2) is 3.27. The third-order valence-electron chi connectivity index (χ3n) is 2.61. The Morgan fingerprint density at radius 3 is 2.58 bits per heavy atom. The maximum Gasteiger partial charge on any atom is 0.116 e. The van der Waals surface area contributed by atoms with Crippen molar-refractivity contribution in [3.63, 3.8) is 0 Å². The lowest BCUT2D eigenvalue weighted by Crippen LogP contribution is -1.95. The molecule has 0 aliphatic heterocycles. The van der Waals surface area contributed by atoms with Crippen molar-refractivity contribution in [2.24, 2.45) is 0 Å². The summed E-state index contributed by atoms with van der Waals surface area (Å²) in [6, 6.07) is 0. The fraction of sp³-hybridized carbons (Fsp3) is 0.556. The van der Waals surface area contributed by atoms with E-state index in [1.165, 1.54) is 31.2 Å². The van der Waals surface area contributed by atoms with Gasteiger partial charge in [0.05, 0.1) is 5.69 Å². The fourth-order valence-electron chi connectivity index (χ4n) is 1.91. The van der Waals surface area contributed by atoms with Crippen LogP contribution in [0.4, 0.5) is 5.69 Å². The highest BCUT2D eigenvalue weighted by Gasteiger charge is 2.21. The molecule has 0 unspecified atom stereocenters. The number of nitrogen functional groups attached to an aromatic ring is 1. The van der Waals surface area contributed by atoms with E-state index in [2.05, 4.69) is 5.38 Å². The van der Waals surface area contributed by atoms with Gasteiger partial charge in [-0.2, -0.15) is 0 Å². The number of halogens is 1. The Kier molecular flexibility index (Phi) is 2.28. The molecular formula is C9H12ClNS. The summed E-state index contributed by atoms with van der Waals surface area (Å²) < 4.78 is 0.761. The molecule has 0 atom stereocenters. The van der Waals surface area contributed by atoms with Crippen molar-refractivity contribution >= 4 is 28.6 Å². The number of anilines is 1. The summed E-state index contributed by atoms with van der Waals surface area (Å²) in [5.41, 5.74) is 7.98. The van der Waals surface area contributed by atoms with Crippen molar-refractivity contribution < 1.29 is 0 Å². The predicted molar refractivity (Wildman–Crippen MR) is 55.0 cm³/mol. The highest BCUT2D eigenvalue weighted by atomic mass is 35.5. The molecule has 12 heavy (non-hydrogen) atoms. The van der Waals surface area contributed by atoms with Crippen molar-refractivity contribution in [2.45, 2.75) is 31.6 Å². The Hall–Kier alpha value is -0.210. The number of hydrogen-bond donors (Lipinski definition) is 1. The van der Waals surface area contributed by atoms with Gasteiger partial charge in [-0.1, -0.05) is 24.4 Å². The van der Waals surface area contributed by atoms with E-state index in [1.54, 1.807) is 11.3 Å². The summed E-state index contributed by atoms with van der Waals surface area (Å²) in [6.45, 7) is 0. The van der Waals surface area contributed by atoms with Crippen LogP contribution in [0.2, 0.25) is 4.34 Å². The summed E-state index contributed by atoms with van der Waals surface area (Å²) in [7, 11) is 0. The van der Waals surface area contributed by atoms with E-state index in [9.17, 15) is 0 Å². The van der Waals surface area contributed by atoms with E-state index >= 15 is 0 Å². The molecule has 1 aliphatic carbocycles. The quantitative estimate of drug-likeness (QED) is 0.738. The van der Waals surface area contributed by atoms with Crippen molar-refractivity contribution in [3.8, 4) is 0 Å². The number of nitrogens with two attached hydrogens (primary N) is 1. The average Bonchev–Trinajstić information content (AvgIpc) is 2.64. The van der Waals surface area contributed by atoms with E-state index in [-0.39, 0.29) is 0 Å². The van der Waals surface area contributed by atoms with Crippen LogP contribution in [0.1, 0.15) is 37.2 Å². The first-order valence-electron chi connectivity index (χ1n) is 4.31. The molecule has 1 aliphatic rings. The van der Waals surface area contributed by atoms with Crippen LogP contribution in [-0.2, 0) is 0 Å². The topological polar surface area (TPSA) is 26.0 Å². The summed E-state index contributed by atoms with van der Waals surface area (Å²) in [5, 5.41) is 2.12. The Balaban J connectivity index is 2.26. The smallest absolute Gasteiger partial charge is 0.116 e. The van der Waals surface area contributed by atoms with Crippen molar-refractivity contribution in [1.29, 1.82) is 0 Å². The zero-order valence-electron chi connectivity index (χ0n) is 6.85. The normalized spacial score (nSPS) is 18.8. The molecule has 0 saturated heterocycles. The first-order valence-corrected chi connectivity index (χ1v) is 5.57. The predicted octanol–water partition coefficient (Wildman–Crippen LogP) is 3.64. The third kappa shape index (κ3) is 1.34. The Morgan fingerprint density at radius 1 is 1.42 bits per heavy atom. The molecule has 1 aromatic heterocycles. The number of hydrogen-bond acceptors (Lipinski definition) is 2. The minimum atomic E-state index is 0.689. The zero-order valence-corrected chi connectivity index (χ0v) is 8.42. The molecule has 1 nitrogen and oxygen atoms in total. The number of rotatable bonds is 1. The molecule has 0 radical (unpaired) electrons. The van der Waals surface area contributed by atoms with Gasteiger partial charge in [-0.05, 0) is 29.7 Å². The fourth-order valence-corrected chi connectivity index (χ4v) is 2.95. The van der Waals surface area contributed by atoms with E-state index < -0.39 is 0 Å². The second-order valence-corrected chi connectivity index (χ2v) is 4.84. The monoisotopic (exact) mass is 201 g/mol. The molecular weight excluding hydrogens is 190 g/mol. The molecule has 0 aromatic carbocycles. The molecule has 3 heteroatoms. The molecule has 1 fully saturated rings. The number of thiophene rings is 1. The maximum absolute atomic E-state index is 5.90. The van der Waals surface area contributed by atoms with Crippen LogP contribution in [0, 0.1) is 0 Å². The average molecular weight is 202 g/mol. The first kappa shape index (κ1) is 8.39. The lowest BCUT2D eigenvalue weighted by atomic mass is 10.00. The molecule has 2 rings (SSSR count). The highest BCUT2D eigenvalue weighted by molar-refractivity contribution is 7.15. The van der Waals surface area contributed by atoms with Gasteiger partial charge in [0.25, 0.3) is 0 Å². The van der Waals surface area contributed by atoms with Crippen LogP contribution in [-0.4, -0.2) is 0 Å². The Morgan fingerprint density at radius 2 is 2.08 bits per heavy atom. The van der Waals surface area contributed by atoms with E-state index in [0.717, 1.165) is 10.0 Å².